The second-order valence-corrected chi connectivity index (χ2v) is 11.1. The average molecular weight is 576 g/mol. The Bertz CT molecular complexity index is 1850. The molecule has 1 amide bonds. The molecule has 3 aliphatic rings. The standard InChI is InChI=1S/C33H22ClN3O5/c34-22-14-12-20(13-15-22)30(39)28-27(29(38)21-7-5-8-23(18-21)37(41)42)33(25-10-3-4-11-26(25)35-32(33)40)31-24-9-2-1-6-19(24)16-17-36(28)31/h1-18,27-28,31H,(H,35,40)/t27-,28+,31-,33-/m1/s1. The van der Waals surface area contributed by atoms with Crippen LogP contribution in [-0.2, 0) is 10.2 Å². The third-order valence-electron chi connectivity index (χ3n) is 8.59. The molecule has 1 N–H and O–H groups in total. The first-order valence-corrected chi connectivity index (χ1v) is 13.7. The van der Waals surface area contributed by atoms with E-state index >= 15 is 0 Å². The van der Waals surface area contributed by atoms with Crippen molar-refractivity contribution in [3.8, 4) is 0 Å². The molecule has 0 aromatic heterocycles. The molecule has 0 saturated carbocycles. The zero-order valence-corrected chi connectivity index (χ0v) is 22.7. The molecule has 0 unspecified atom stereocenters. The summed E-state index contributed by atoms with van der Waals surface area (Å²) in [6.45, 7) is 0. The van der Waals surface area contributed by atoms with Gasteiger partial charge >= 0.3 is 0 Å². The van der Waals surface area contributed by atoms with E-state index in [0.717, 1.165) is 11.1 Å². The molecule has 1 fully saturated rings. The Hall–Kier alpha value is -5.08. The van der Waals surface area contributed by atoms with Crippen molar-refractivity contribution in [1.29, 1.82) is 0 Å². The summed E-state index contributed by atoms with van der Waals surface area (Å²) in [4.78, 5) is 56.6. The molecule has 7 rings (SSSR count). The predicted octanol–water partition coefficient (Wildman–Crippen LogP) is 6.23. The summed E-state index contributed by atoms with van der Waals surface area (Å²) in [7, 11) is 0. The van der Waals surface area contributed by atoms with Crippen LogP contribution in [0, 0.1) is 16.0 Å². The molecule has 4 aromatic carbocycles. The molecule has 206 valence electrons. The first-order chi connectivity index (χ1) is 20.3. The van der Waals surface area contributed by atoms with E-state index in [0.29, 0.717) is 21.8 Å². The first-order valence-electron chi connectivity index (χ1n) is 13.4. The quantitative estimate of drug-likeness (QED) is 0.172. The Kier molecular flexibility index (Phi) is 5.85. The number of amides is 1. The highest BCUT2D eigenvalue weighted by molar-refractivity contribution is 6.30. The number of nitro benzene ring substituents is 1. The zero-order valence-electron chi connectivity index (χ0n) is 21.9. The number of carbonyl (C=O) groups excluding carboxylic acids is 3. The third-order valence-corrected chi connectivity index (χ3v) is 8.84. The molecule has 42 heavy (non-hydrogen) atoms. The summed E-state index contributed by atoms with van der Waals surface area (Å²) in [6, 6.07) is 24.8. The first kappa shape index (κ1) is 25.9. The Labute approximate surface area is 245 Å². The van der Waals surface area contributed by atoms with E-state index in [4.69, 9.17) is 11.6 Å². The van der Waals surface area contributed by atoms with Gasteiger partial charge in [0.15, 0.2) is 11.6 Å². The van der Waals surface area contributed by atoms with Crippen molar-refractivity contribution in [2.75, 3.05) is 5.32 Å². The maximum absolute atomic E-state index is 14.8. The van der Waals surface area contributed by atoms with Crippen LogP contribution >= 0.6 is 11.6 Å². The van der Waals surface area contributed by atoms with Crippen LogP contribution in [-0.4, -0.2) is 33.3 Å². The summed E-state index contributed by atoms with van der Waals surface area (Å²) in [5.74, 6) is -2.53. The highest BCUT2D eigenvalue weighted by Crippen LogP contribution is 2.62. The smallest absolute Gasteiger partial charge is 0.270 e. The highest BCUT2D eigenvalue weighted by Gasteiger charge is 2.70. The molecule has 4 atom stereocenters. The lowest BCUT2D eigenvalue weighted by atomic mass is 9.62. The number of halogens is 1. The van der Waals surface area contributed by atoms with Crippen LogP contribution in [0.3, 0.4) is 0 Å². The SMILES string of the molecule is O=C(c1ccc(Cl)cc1)[C@@H]1[C@H](C(=O)c2cccc([N+](=O)[O-])c2)[C@@]2(C(=O)Nc3ccccc32)[C@H]2c3ccccc3C=CN12. The lowest BCUT2D eigenvalue weighted by molar-refractivity contribution is -0.384. The number of rotatable bonds is 5. The van der Waals surface area contributed by atoms with Gasteiger partial charge in [-0.25, -0.2) is 0 Å². The van der Waals surface area contributed by atoms with E-state index in [1.165, 1.54) is 24.3 Å². The van der Waals surface area contributed by atoms with Gasteiger partial charge in [-0.3, -0.25) is 24.5 Å². The van der Waals surface area contributed by atoms with Gasteiger partial charge in [-0.05, 0) is 53.1 Å². The lowest BCUT2D eigenvalue weighted by Gasteiger charge is -2.38. The molecule has 0 aliphatic carbocycles. The maximum Gasteiger partial charge on any atom is 0.270 e. The van der Waals surface area contributed by atoms with Crippen LogP contribution in [0.2, 0.25) is 5.02 Å². The summed E-state index contributed by atoms with van der Waals surface area (Å²) in [5, 5.41) is 15.1. The van der Waals surface area contributed by atoms with E-state index in [9.17, 15) is 24.5 Å². The number of ketones is 2. The van der Waals surface area contributed by atoms with Crippen molar-refractivity contribution in [3.63, 3.8) is 0 Å². The van der Waals surface area contributed by atoms with Crippen LogP contribution in [0.5, 0.6) is 0 Å². The highest BCUT2D eigenvalue weighted by atomic mass is 35.5. The molecule has 1 spiro atoms. The maximum atomic E-state index is 14.8. The van der Waals surface area contributed by atoms with E-state index in [-0.39, 0.29) is 17.0 Å². The number of nitrogens with zero attached hydrogens (tertiary/aromatic N) is 2. The van der Waals surface area contributed by atoms with Crippen molar-refractivity contribution < 1.29 is 19.3 Å². The van der Waals surface area contributed by atoms with Gasteiger partial charge in [0, 0.05) is 40.2 Å². The lowest BCUT2D eigenvalue weighted by Crippen LogP contribution is -2.49. The molecular formula is C33H22ClN3O5. The number of nitro groups is 1. The molecule has 9 heteroatoms. The van der Waals surface area contributed by atoms with E-state index in [2.05, 4.69) is 5.32 Å². The second kappa shape index (κ2) is 9.49. The van der Waals surface area contributed by atoms with Crippen molar-refractivity contribution in [3.05, 3.63) is 146 Å². The number of para-hydroxylation sites is 1. The number of hydrogen-bond donors (Lipinski definition) is 1. The molecular weight excluding hydrogens is 554 g/mol. The summed E-state index contributed by atoms with van der Waals surface area (Å²) in [5.41, 5.74) is 1.44. The summed E-state index contributed by atoms with van der Waals surface area (Å²) in [6.07, 6.45) is 3.66. The topological polar surface area (TPSA) is 110 Å². The molecule has 3 aliphatic heterocycles. The van der Waals surface area contributed by atoms with Crippen molar-refractivity contribution in [2.45, 2.75) is 17.5 Å². The number of fused-ring (bicyclic) bond motifs is 6. The fourth-order valence-electron chi connectivity index (χ4n) is 6.90. The number of Topliss-reactive ketones (excluding diaryl/α,β-unsaturated/α-hetero) is 2. The number of anilines is 1. The average Bonchev–Trinajstić information content (AvgIpc) is 3.49. The second-order valence-electron chi connectivity index (χ2n) is 10.6. The summed E-state index contributed by atoms with van der Waals surface area (Å²) >= 11 is 6.12. The van der Waals surface area contributed by atoms with E-state index in [1.807, 2.05) is 41.3 Å². The molecule has 3 heterocycles. The van der Waals surface area contributed by atoms with E-state index in [1.54, 1.807) is 48.7 Å². The largest absolute Gasteiger partial charge is 0.358 e. The third kappa shape index (κ3) is 3.58. The minimum absolute atomic E-state index is 0.0526. The number of carbonyl (C=O) groups is 3. The summed E-state index contributed by atoms with van der Waals surface area (Å²) < 4.78 is 0. The van der Waals surface area contributed by atoms with Crippen LogP contribution in [0.1, 0.15) is 43.4 Å². The Balaban J connectivity index is 1.53. The molecule has 4 aromatic rings. The van der Waals surface area contributed by atoms with Gasteiger partial charge in [-0.1, -0.05) is 66.2 Å². The van der Waals surface area contributed by atoms with Crippen LogP contribution in [0.25, 0.3) is 6.08 Å². The minimum atomic E-state index is -1.52. The van der Waals surface area contributed by atoms with Gasteiger partial charge in [0.2, 0.25) is 5.91 Å². The molecule has 0 bridgehead atoms. The van der Waals surface area contributed by atoms with Crippen molar-refractivity contribution in [2.24, 2.45) is 5.92 Å². The number of nitrogens with one attached hydrogen (secondary N) is 1. The monoisotopic (exact) mass is 575 g/mol. The predicted molar refractivity (Wildman–Crippen MR) is 157 cm³/mol. The fraction of sp³-hybridized carbons (Fsp3) is 0.121. The molecule has 0 radical (unpaired) electrons. The number of benzene rings is 4. The van der Waals surface area contributed by atoms with Gasteiger partial charge in [-0.15, -0.1) is 0 Å². The van der Waals surface area contributed by atoms with E-state index < -0.39 is 40.0 Å². The van der Waals surface area contributed by atoms with Crippen molar-refractivity contribution >= 4 is 46.5 Å². The van der Waals surface area contributed by atoms with Gasteiger partial charge < -0.3 is 10.2 Å². The molecule has 1 saturated heterocycles. The Morgan fingerprint density at radius 1 is 0.881 bits per heavy atom. The van der Waals surface area contributed by atoms with Gasteiger partial charge in [0.05, 0.1) is 16.9 Å². The van der Waals surface area contributed by atoms with Gasteiger partial charge in [0.25, 0.3) is 5.69 Å². The Morgan fingerprint density at radius 2 is 1.62 bits per heavy atom. The normalized spacial score (nSPS) is 23.2. The minimum Gasteiger partial charge on any atom is -0.358 e. The van der Waals surface area contributed by atoms with Crippen LogP contribution in [0.4, 0.5) is 11.4 Å². The Morgan fingerprint density at radius 3 is 2.40 bits per heavy atom. The fourth-order valence-corrected chi connectivity index (χ4v) is 7.03. The number of hydrogen-bond acceptors (Lipinski definition) is 6. The van der Waals surface area contributed by atoms with Gasteiger partial charge in [-0.2, -0.15) is 0 Å². The van der Waals surface area contributed by atoms with Crippen LogP contribution in [0.15, 0.2) is 103 Å². The van der Waals surface area contributed by atoms with Crippen molar-refractivity contribution in [1.82, 2.24) is 4.90 Å². The zero-order chi connectivity index (χ0) is 29.2. The van der Waals surface area contributed by atoms with Crippen LogP contribution < -0.4 is 5.32 Å². The number of non-ortho nitro benzene ring substituents is 1. The van der Waals surface area contributed by atoms with Gasteiger partial charge in [0.1, 0.15) is 11.5 Å². The molecule has 8 nitrogen and oxygen atoms in total.